The fraction of sp³-hybridized carbons (Fsp3) is 0.294. The molecule has 0 aliphatic rings. The number of hydrogen-bond acceptors (Lipinski definition) is 2. The summed E-state index contributed by atoms with van der Waals surface area (Å²) in [7, 11) is 0. The summed E-state index contributed by atoms with van der Waals surface area (Å²) < 4.78 is 0. The van der Waals surface area contributed by atoms with Crippen LogP contribution in [0, 0.1) is 0 Å². The average Bonchev–Trinajstić information content (AvgIpc) is 2.50. The molecule has 0 aliphatic heterocycles. The molecule has 2 aromatic rings. The van der Waals surface area contributed by atoms with E-state index < -0.39 is 0 Å². The lowest BCUT2D eigenvalue weighted by molar-refractivity contribution is 0.665. The number of halogens is 1. The van der Waals surface area contributed by atoms with Crippen LogP contribution in [0.25, 0.3) is 0 Å². The molecule has 0 atom stereocenters. The Hall–Kier alpha value is -1.51. The number of para-hydroxylation sites is 1. The van der Waals surface area contributed by atoms with Crippen molar-refractivity contribution in [3.63, 3.8) is 0 Å². The van der Waals surface area contributed by atoms with Crippen molar-refractivity contribution in [3.8, 4) is 0 Å². The van der Waals surface area contributed by atoms with Crippen LogP contribution in [0.3, 0.4) is 0 Å². The largest absolute Gasteiger partial charge is 0.371 e. The first kappa shape index (κ1) is 14.9. The smallest absolute Gasteiger partial charge is 0.0450 e. The molecule has 20 heavy (non-hydrogen) atoms. The Morgan fingerprint density at radius 2 is 1.70 bits per heavy atom. The van der Waals surface area contributed by atoms with Crippen LogP contribution in [-0.4, -0.2) is 19.6 Å². The molecule has 2 aromatic carbocycles. The van der Waals surface area contributed by atoms with Crippen LogP contribution < -0.4 is 10.2 Å². The van der Waals surface area contributed by atoms with Crippen LogP contribution in [0.5, 0.6) is 0 Å². The van der Waals surface area contributed by atoms with Crippen molar-refractivity contribution in [3.05, 3.63) is 65.2 Å². The zero-order valence-electron chi connectivity index (χ0n) is 11.8. The molecule has 0 aliphatic carbocycles. The monoisotopic (exact) mass is 288 g/mol. The van der Waals surface area contributed by atoms with Crippen molar-refractivity contribution in [1.82, 2.24) is 5.32 Å². The molecular weight excluding hydrogens is 268 g/mol. The summed E-state index contributed by atoms with van der Waals surface area (Å²) in [5.74, 6) is 0. The zero-order chi connectivity index (χ0) is 14.2. The highest BCUT2D eigenvalue weighted by Crippen LogP contribution is 2.14. The highest BCUT2D eigenvalue weighted by Gasteiger charge is 2.03. The lowest BCUT2D eigenvalue weighted by Gasteiger charge is -2.23. The summed E-state index contributed by atoms with van der Waals surface area (Å²) in [5.41, 5.74) is 2.42. The van der Waals surface area contributed by atoms with E-state index in [1.807, 2.05) is 24.3 Å². The van der Waals surface area contributed by atoms with Gasteiger partial charge in [0.1, 0.15) is 0 Å². The zero-order valence-corrected chi connectivity index (χ0v) is 12.6. The Kier molecular flexibility index (Phi) is 5.90. The molecule has 0 spiro atoms. The van der Waals surface area contributed by atoms with Crippen molar-refractivity contribution in [2.45, 2.75) is 13.5 Å². The van der Waals surface area contributed by atoms with E-state index in [0.717, 1.165) is 36.8 Å². The standard InChI is InChI=1S/C17H21ClN2/c1-2-20(16-9-4-3-5-10-16)13-12-19-14-15-8-6-7-11-17(15)18/h3-11,19H,2,12-14H2,1H3. The maximum absolute atomic E-state index is 6.14. The van der Waals surface area contributed by atoms with Gasteiger partial charge < -0.3 is 10.2 Å². The lowest BCUT2D eigenvalue weighted by atomic mass is 10.2. The van der Waals surface area contributed by atoms with Crippen LogP contribution >= 0.6 is 11.6 Å². The number of benzene rings is 2. The van der Waals surface area contributed by atoms with E-state index in [1.165, 1.54) is 5.69 Å². The first-order valence-corrected chi connectivity index (χ1v) is 7.43. The van der Waals surface area contributed by atoms with Crippen molar-refractivity contribution >= 4 is 17.3 Å². The highest BCUT2D eigenvalue weighted by atomic mass is 35.5. The molecule has 0 unspecified atom stereocenters. The Morgan fingerprint density at radius 3 is 2.40 bits per heavy atom. The molecular formula is C17H21ClN2. The van der Waals surface area contributed by atoms with Crippen molar-refractivity contribution in [2.24, 2.45) is 0 Å². The van der Waals surface area contributed by atoms with Gasteiger partial charge in [-0.15, -0.1) is 0 Å². The van der Waals surface area contributed by atoms with Gasteiger partial charge in [-0.1, -0.05) is 48.0 Å². The molecule has 0 radical (unpaired) electrons. The summed E-state index contributed by atoms with van der Waals surface area (Å²) >= 11 is 6.14. The van der Waals surface area contributed by atoms with Gasteiger partial charge in [-0.3, -0.25) is 0 Å². The van der Waals surface area contributed by atoms with E-state index in [9.17, 15) is 0 Å². The maximum Gasteiger partial charge on any atom is 0.0450 e. The van der Waals surface area contributed by atoms with Gasteiger partial charge in [-0.25, -0.2) is 0 Å². The molecule has 0 aromatic heterocycles. The Balaban J connectivity index is 1.79. The van der Waals surface area contributed by atoms with Crippen LogP contribution in [0.4, 0.5) is 5.69 Å². The van der Waals surface area contributed by atoms with Crippen LogP contribution in [-0.2, 0) is 6.54 Å². The summed E-state index contributed by atoms with van der Waals surface area (Å²) in [6.45, 7) is 5.93. The molecule has 2 rings (SSSR count). The summed E-state index contributed by atoms with van der Waals surface area (Å²) in [4.78, 5) is 2.36. The molecule has 0 saturated heterocycles. The Bertz CT molecular complexity index is 513. The average molecular weight is 289 g/mol. The van der Waals surface area contributed by atoms with Crippen molar-refractivity contribution < 1.29 is 0 Å². The van der Waals surface area contributed by atoms with E-state index in [-0.39, 0.29) is 0 Å². The van der Waals surface area contributed by atoms with Gasteiger partial charge in [0.15, 0.2) is 0 Å². The number of anilines is 1. The van der Waals surface area contributed by atoms with Gasteiger partial charge in [0.25, 0.3) is 0 Å². The van der Waals surface area contributed by atoms with Crippen molar-refractivity contribution in [1.29, 1.82) is 0 Å². The van der Waals surface area contributed by atoms with Crippen LogP contribution in [0.1, 0.15) is 12.5 Å². The predicted octanol–water partition coefficient (Wildman–Crippen LogP) is 3.96. The second kappa shape index (κ2) is 7.93. The first-order valence-electron chi connectivity index (χ1n) is 7.05. The third kappa shape index (κ3) is 4.26. The highest BCUT2D eigenvalue weighted by molar-refractivity contribution is 6.31. The van der Waals surface area contributed by atoms with E-state index in [1.54, 1.807) is 0 Å². The molecule has 0 bridgehead atoms. The molecule has 3 heteroatoms. The fourth-order valence-corrected chi connectivity index (χ4v) is 2.39. The van der Waals surface area contributed by atoms with Gasteiger partial charge in [-0.2, -0.15) is 0 Å². The van der Waals surface area contributed by atoms with Gasteiger partial charge in [0.2, 0.25) is 0 Å². The van der Waals surface area contributed by atoms with Crippen molar-refractivity contribution in [2.75, 3.05) is 24.5 Å². The third-order valence-corrected chi connectivity index (χ3v) is 3.70. The fourth-order valence-electron chi connectivity index (χ4n) is 2.19. The molecule has 0 amide bonds. The Labute approximate surface area is 126 Å². The van der Waals surface area contributed by atoms with Gasteiger partial charge >= 0.3 is 0 Å². The van der Waals surface area contributed by atoms with Gasteiger partial charge in [0, 0.05) is 36.9 Å². The number of rotatable bonds is 7. The minimum absolute atomic E-state index is 0.812. The molecule has 2 nitrogen and oxygen atoms in total. The van der Waals surface area contributed by atoms with E-state index >= 15 is 0 Å². The number of nitrogens with zero attached hydrogens (tertiary/aromatic N) is 1. The number of hydrogen-bond donors (Lipinski definition) is 1. The molecule has 0 heterocycles. The summed E-state index contributed by atoms with van der Waals surface area (Å²) in [5, 5.41) is 4.28. The maximum atomic E-state index is 6.14. The van der Waals surface area contributed by atoms with Gasteiger partial charge in [0.05, 0.1) is 0 Å². The topological polar surface area (TPSA) is 15.3 Å². The Morgan fingerprint density at radius 1 is 1.00 bits per heavy atom. The quantitative estimate of drug-likeness (QED) is 0.776. The molecule has 0 fully saturated rings. The molecule has 1 N–H and O–H groups in total. The number of nitrogens with one attached hydrogen (secondary N) is 1. The third-order valence-electron chi connectivity index (χ3n) is 3.33. The normalized spacial score (nSPS) is 10.5. The van der Waals surface area contributed by atoms with Gasteiger partial charge in [-0.05, 0) is 30.7 Å². The SMILES string of the molecule is CCN(CCNCc1ccccc1Cl)c1ccccc1. The van der Waals surface area contributed by atoms with Crippen LogP contribution in [0.15, 0.2) is 54.6 Å². The molecule has 106 valence electrons. The minimum atomic E-state index is 0.812. The second-order valence-corrected chi connectivity index (χ2v) is 5.09. The summed E-state index contributed by atoms with van der Waals surface area (Å²) in [6.07, 6.45) is 0. The summed E-state index contributed by atoms with van der Waals surface area (Å²) in [6, 6.07) is 18.5. The van der Waals surface area contributed by atoms with E-state index in [2.05, 4.69) is 47.5 Å². The van der Waals surface area contributed by atoms with E-state index in [0.29, 0.717) is 0 Å². The minimum Gasteiger partial charge on any atom is -0.371 e. The van der Waals surface area contributed by atoms with Crippen LogP contribution in [0.2, 0.25) is 5.02 Å². The number of likely N-dealkylation sites (N-methyl/N-ethyl adjacent to an activating group) is 1. The lowest BCUT2D eigenvalue weighted by Crippen LogP contribution is -2.31. The second-order valence-electron chi connectivity index (χ2n) is 4.68. The predicted molar refractivity (Wildman–Crippen MR) is 87.5 cm³/mol. The first-order chi connectivity index (χ1) is 9.81. The molecule has 0 saturated carbocycles. The van der Waals surface area contributed by atoms with E-state index in [4.69, 9.17) is 11.6 Å².